The number of pyridine rings is 1. The summed E-state index contributed by atoms with van der Waals surface area (Å²) in [4.78, 5) is 18.0. The minimum absolute atomic E-state index is 0.0699. The van der Waals surface area contributed by atoms with Crippen molar-refractivity contribution in [3.63, 3.8) is 0 Å². The van der Waals surface area contributed by atoms with Gasteiger partial charge in [-0.25, -0.2) is 9.67 Å². The average molecular weight is 288 g/mol. The lowest BCUT2D eigenvalue weighted by molar-refractivity contribution is 0.0682. The number of hydrogen-bond donors (Lipinski definition) is 1. The van der Waals surface area contributed by atoms with Crippen molar-refractivity contribution in [3.8, 4) is 5.82 Å². The zero-order valence-electron chi connectivity index (χ0n) is 12.7. The zero-order chi connectivity index (χ0) is 15.6. The van der Waals surface area contributed by atoms with E-state index in [0.717, 1.165) is 11.4 Å². The van der Waals surface area contributed by atoms with Gasteiger partial charge < -0.3 is 10.0 Å². The lowest BCUT2D eigenvalue weighted by Crippen LogP contribution is -2.37. The quantitative estimate of drug-likeness (QED) is 0.921. The molecule has 1 N–H and O–H groups in total. The molecule has 0 aliphatic heterocycles. The van der Waals surface area contributed by atoms with E-state index in [9.17, 15) is 4.79 Å². The van der Waals surface area contributed by atoms with E-state index in [1.54, 1.807) is 30.8 Å². The van der Waals surface area contributed by atoms with E-state index in [0.29, 0.717) is 11.4 Å². The highest BCUT2D eigenvalue weighted by molar-refractivity contribution is 5.94. The highest BCUT2D eigenvalue weighted by atomic mass is 16.3. The number of aromatic nitrogens is 3. The van der Waals surface area contributed by atoms with E-state index >= 15 is 0 Å². The second-order valence-corrected chi connectivity index (χ2v) is 5.19. The Balaban J connectivity index is 2.23. The van der Waals surface area contributed by atoms with Crippen molar-refractivity contribution in [2.24, 2.45) is 0 Å². The van der Waals surface area contributed by atoms with E-state index in [1.807, 2.05) is 19.9 Å². The summed E-state index contributed by atoms with van der Waals surface area (Å²) >= 11 is 0. The molecule has 1 unspecified atom stereocenters. The van der Waals surface area contributed by atoms with E-state index in [4.69, 9.17) is 5.11 Å². The van der Waals surface area contributed by atoms with Crippen LogP contribution in [0.5, 0.6) is 0 Å². The molecule has 0 aromatic carbocycles. The van der Waals surface area contributed by atoms with Crippen LogP contribution in [-0.2, 0) is 0 Å². The topological polar surface area (TPSA) is 71.2 Å². The van der Waals surface area contributed by atoms with Gasteiger partial charge >= 0.3 is 0 Å². The fourth-order valence-electron chi connectivity index (χ4n) is 2.02. The average Bonchev–Trinajstić information content (AvgIpc) is 2.83. The van der Waals surface area contributed by atoms with Gasteiger partial charge in [-0.1, -0.05) is 0 Å². The van der Waals surface area contributed by atoms with Gasteiger partial charge in [0.05, 0.1) is 23.9 Å². The fraction of sp³-hybridized carbons (Fsp3) is 0.400. The molecule has 0 spiro atoms. The Hall–Kier alpha value is -2.21. The van der Waals surface area contributed by atoms with E-state index < -0.39 is 0 Å². The number of aryl methyl sites for hydroxylation is 2. The summed E-state index contributed by atoms with van der Waals surface area (Å²) in [5, 5.41) is 13.5. The molecule has 2 heterocycles. The maximum absolute atomic E-state index is 12.2. The van der Waals surface area contributed by atoms with Crippen LogP contribution in [0, 0.1) is 13.8 Å². The molecule has 0 saturated carbocycles. The first kappa shape index (κ1) is 15.2. The van der Waals surface area contributed by atoms with Gasteiger partial charge in [0.2, 0.25) is 0 Å². The van der Waals surface area contributed by atoms with Crippen LogP contribution >= 0.6 is 0 Å². The summed E-state index contributed by atoms with van der Waals surface area (Å²) in [6, 6.07) is 5.23. The molecule has 112 valence electrons. The number of nitrogens with zero attached hydrogens (tertiary/aromatic N) is 4. The molecule has 2 rings (SSSR count). The molecule has 21 heavy (non-hydrogen) atoms. The summed E-state index contributed by atoms with van der Waals surface area (Å²) in [6.07, 6.45) is 1.54. The van der Waals surface area contributed by atoms with Crippen LogP contribution in [0.4, 0.5) is 0 Å². The van der Waals surface area contributed by atoms with Gasteiger partial charge in [0.25, 0.3) is 5.91 Å². The molecular weight excluding hydrogens is 268 g/mol. The minimum atomic E-state index is -0.229. The van der Waals surface area contributed by atoms with Crippen LogP contribution < -0.4 is 0 Å². The van der Waals surface area contributed by atoms with Crippen LogP contribution in [0.2, 0.25) is 0 Å². The Bertz CT molecular complexity index is 634. The Labute approximate surface area is 124 Å². The molecule has 0 fully saturated rings. The first-order valence-corrected chi connectivity index (χ1v) is 6.81. The molecule has 0 saturated heterocycles. The molecule has 0 aliphatic rings. The van der Waals surface area contributed by atoms with Crippen LogP contribution in [0.3, 0.4) is 0 Å². The second-order valence-electron chi connectivity index (χ2n) is 5.19. The van der Waals surface area contributed by atoms with Gasteiger partial charge in [0.15, 0.2) is 5.82 Å². The number of aliphatic hydroxyl groups is 1. The Morgan fingerprint density at radius 2 is 2.14 bits per heavy atom. The normalized spacial score (nSPS) is 12.2. The van der Waals surface area contributed by atoms with Crippen molar-refractivity contribution in [2.75, 3.05) is 13.7 Å². The molecule has 1 amide bonds. The summed E-state index contributed by atoms with van der Waals surface area (Å²) in [5.41, 5.74) is 2.40. The first-order valence-electron chi connectivity index (χ1n) is 6.81. The van der Waals surface area contributed by atoms with Crippen LogP contribution in [-0.4, -0.2) is 50.4 Å². The molecule has 0 bridgehead atoms. The monoisotopic (exact) mass is 288 g/mol. The van der Waals surface area contributed by atoms with Crippen LogP contribution in [0.15, 0.2) is 24.4 Å². The van der Waals surface area contributed by atoms with Gasteiger partial charge in [-0.05, 0) is 39.0 Å². The first-order chi connectivity index (χ1) is 9.93. The lowest BCUT2D eigenvalue weighted by atomic mass is 10.2. The maximum atomic E-state index is 12.2. The second kappa shape index (κ2) is 6.05. The number of carbonyl (C=O) groups is 1. The van der Waals surface area contributed by atoms with Gasteiger partial charge in [0, 0.05) is 18.9 Å². The Morgan fingerprint density at radius 1 is 1.43 bits per heavy atom. The number of likely N-dealkylation sites (N-methyl/N-ethyl adjacent to an activating group) is 1. The molecule has 0 radical (unpaired) electrons. The maximum Gasteiger partial charge on any atom is 0.255 e. The molecule has 2 aromatic heterocycles. The van der Waals surface area contributed by atoms with Gasteiger partial charge in [-0.15, -0.1) is 0 Å². The smallest absolute Gasteiger partial charge is 0.255 e. The van der Waals surface area contributed by atoms with Crippen molar-refractivity contribution in [1.29, 1.82) is 0 Å². The third-order valence-corrected chi connectivity index (χ3v) is 3.47. The summed E-state index contributed by atoms with van der Waals surface area (Å²) in [5.74, 6) is 0.513. The highest BCUT2D eigenvalue weighted by Gasteiger charge is 2.17. The zero-order valence-corrected chi connectivity index (χ0v) is 12.7. The Kier molecular flexibility index (Phi) is 4.37. The predicted molar refractivity (Wildman–Crippen MR) is 79.5 cm³/mol. The van der Waals surface area contributed by atoms with Gasteiger partial charge in [-0.2, -0.15) is 5.10 Å². The number of carbonyl (C=O) groups excluding carboxylic acids is 1. The van der Waals surface area contributed by atoms with Crippen molar-refractivity contribution >= 4 is 5.91 Å². The molecule has 0 aliphatic carbocycles. The molecule has 6 heteroatoms. The summed E-state index contributed by atoms with van der Waals surface area (Å²) in [6.45, 7) is 5.60. The summed E-state index contributed by atoms with van der Waals surface area (Å²) in [7, 11) is 1.66. The molecule has 2 aromatic rings. The largest absolute Gasteiger partial charge is 0.394 e. The number of rotatable bonds is 4. The van der Waals surface area contributed by atoms with Crippen LogP contribution in [0.25, 0.3) is 5.82 Å². The molecular formula is C15H20N4O2. The number of hydrogen-bond acceptors (Lipinski definition) is 4. The van der Waals surface area contributed by atoms with E-state index in [1.165, 1.54) is 11.1 Å². The third-order valence-electron chi connectivity index (χ3n) is 3.47. The third kappa shape index (κ3) is 3.11. The standard InChI is InChI=1S/C15H20N4O2/c1-10-7-11(2)19(17-10)14-6-5-13(8-16-14)15(21)18(4)12(3)9-20/h5-8,12,20H,9H2,1-4H3. The fourth-order valence-corrected chi connectivity index (χ4v) is 2.02. The Morgan fingerprint density at radius 3 is 2.62 bits per heavy atom. The van der Waals surface area contributed by atoms with E-state index in [2.05, 4.69) is 10.1 Å². The highest BCUT2D eigenvalue weighted by Crippen LogP contribution is 2.12. The summed E-state index contributed by atoms with van der Waals surface area (Å²) < 4.78 is 1.74. The van der Waals surface area contributed by atoms with Crippen molar-refractivity contribution in [1.82, 2.24) is 19.7 Å². The van der Waals surface area contributed by atoms with Crippen molar-refractivity contribution in [3.05, 3.63) is 41.3 Å². The van der Waals surface area contributed by atoms with Gasteiger partial charge in [-0.3, -0.25) is 4.79 Å². The van der Waals surface area contributed by atoms with Crippen molar-refractivity contribution in [2.45, 2.75) is 26.8 Å². The SMILES string of the molecule is Cc1cc(C)n(-c2ccc(C(=O)N(C)C(C)CO)cn2)n1. The molecule has 1 atom stereocenters. The van der Waals surface area contributed by atoms with Gasteiger partial charge in [0.1, 0.15) is 0 Å². The lowest BCUT2D eigenvalue weighted by Gasteiger charge is -2.23. The number of aliphatic hydroxyl groups excluding tert-OH is 1. The van der Waals surface area contributed by atoms with Crippen molar-refractivity contribution < 1.29 is 9.90 Å². The van der Waals surface area contributed by atoms with E-state index in [-0.39, 0.29) is 18.6 Å². The van der Waals surface area contributed by atoms with Crippen LogP contribution in [0.1, 0.15) is 28.7 Å². The molecule has 6 nitrogen and oxygen atoms in total. The minimum Gasteiger partial charge on any atom is -0.394 e. The predicted octanol–water partition coefficient (Wildman–Crippen LogP) is 1.34. The number of amides is 1.